The molecule has 0 aromatic heterocycles. The molecule has 0 heterocycles. The van der Waals surface area contributed by atoms with E-state index < -0.39 is 16.1 Å². The molecule has 2 aromatic carbocycles. The van der Waals surface area contributed by atoms with Crippen LogP contribution >= 0.6 is 0 Å². The lowest BCUT2D eigenvalue weighted by molar-refractivity contribution is -0.140. The Bertz CT molecular complexity index is 1040. The van der Waals surface area contributed by atoms with Gasteiger partial charge in [0.25, 0.3) is 0 Å². The van der Waals surface area contributed by atoms with Crippen LogP contribution in [0.5, 0.6) is 0 Å². The molecule has 0 aliphatic heterocycles. The van der Waals surface area contributed by atoms with Crippen molar-refractivity contribution in [1.82, 2.24) is 10.2 Å². The molecule has 2 atom stereocenters. The van der Waals surface area contributed by atoms with Crippen LogP contribution in [0.15, 0.2) is 54.6 Å². The Balaban J connectivity index is 2.13. The summed E-state index contributed by atoms with van der Waals surface area (Å²) in [6.45, 7) is 8.08. The van der Waals surface area contributed by atoms with Gasteiger partial charge in [-0.1, -0.05) is 55.0 Å². The molecule has 0 bridgehead atoms. The number of hydrogen-bond donors (Lipinski definition) is 1. The number of benzene rings is 2. The molecular formula is C26H37N3O4S. The number of carbonyl (C=O) groups is 2. The van der Waals surface area contributed by atoms with Gasteiger partial charge in [0, 0.05) is 25.6 Å². The smallest absolute Gasteiger partial charge is 0.242 e. The highest BCUT2D eigenvalue weighted by molar-refractivity contribution is 7.92. The topological polar surface area (TPSA) is 86.8 Å². The second-order valence-electron chi connectivity index (χ2n) is 8.78. The lowest BCUT2D eigenvalue weighted by Crippen LogP contribution is -2.49. The van der Waals surface area contributed by atoms with Gasteiger partial charge in [-0.05, 0) is 51.3 Å². The molecule has 8 heteroatoms. The van der Waals surface area contributed by atoms with Crippen molar-refractivity contribution in [1.29, 1.82) is 0 Å². The van der Waals surface area contributed by atoms with Gasteiger partial charge >= 0.3 is 0 Å². The number of sulfonamides is 1. The number of hydrogen-bond acceptors (Lipinski definition) is 4. The SMILES string of the molecule is CC[C@H](C)NC(=O)[C@H](C)N(Cc1ccccc1)C(=O)CCCN(c1ccc(C)cc1)S(C)(=O)=O. The highest BCUT2D eigenvalue weighted by atomic mass is 32.2. The Morgan fingerprint density at radius 1 is 1.00 bits per heavy atom. The van der Waals surface area contributed by atoms with Crippen LogP contribution in [-0.2, 0) is 26.2 Å². The van der Waals surface area contributed by atoms with Gasteiger partial charge in [0.15, 0.2) is 0 Å². The molecule has 2 aromatic rings. The first-order chi connectivity index (χ1) is 16.0. The maximum Gasteiger partial charge on any atom is 0.242 e. The highest BCUT2D eigenvalue weighted by Gasteiger charge is 2.27. The number of carbonyl (C=O) groups excluding carboxylic acids is 2. The quantitative estimate of drug-likeness (QED) is 0.492. The van der Waals surface area contributed by atoms with Gasteiger partial charge in [0.1, 0.15) is 6.04 Å². The lowest BCUT2D eigenvalue weighted by Gasteiger charge is -2.30. The van der Waals surface area contributed by atoms with E-state index in [1.807, 2.05) is 63.2 Å². The third-order valence-electron chi connectivity index (χ3n) is 5.84. The normalized spacial score (nSPS) is 13.1. The molecule has 186 valence electrons. The average molecular weight is 488 g/mol. The zero-order chi connectivity index (χ0) is 25.3. The van der Waals surface area contributed by atoms with Crippen LogP contribution in [0.2, 0.25) is 0 Å². The van der Waals surface area contributed by atoms with Gasteiger partial charge < -0.3 is 10.2 Å². The van der Waals surface area contributed by atoms with E-state index in [-0.39, 0.29) is 30.8 Å². The van der Waals surface area contributed by atoms with Crippen LogP contribution in [0, 0.1) is 6.92 Å². The summed E-state index contributed by atoms with van der Waals surface area (Å²) in [4.78, 5) is 27.6. The van der Waals surface area contributed by atoms with Crippen LogP contribution in [0.1, 0.15) is 51.2 Å². The maximum absolute atomic E-state index is 13.2. The van der Waals surface area contributed by atoms with E-state index in [1.54, 1.807) is 24.0 Å². The minimum absolute atomic E-state index is 0.0152. The monoisotopic (exact) mass is 487 g/mol. The highest BCUT2D eigenvalue weighted by Crippen LogP contribution is 2.20. The second kappa shape index (κ2) is 12.6. The molecule has 0 aliphatic rings. The summed E-state index contributed by atoms with van der Waals surface area (Å²) in [6, 6.07) is 16.1. The van der Waals surface area contributed by atoms with Crippen LogP contribution in [0.4, 0.5) is 5.69 Å². The molecule has 2 amide bonds. The Morgan fingerprint density at radius 3 is 2.18 bits per heavy atom. The number of anilines is 1. The van der Waals surface area contributed by atoms with E-state index in [1.165, 1.54) is 4.31 Å². The van der Waals surface area contributed by atoms with Crippen molar-refractivity contribution in [3.63, 3.8) is 0 Å². The summed E-state index contributed by atoms with van der Waals surface area (Å²) < 4.78 is 26.1. The van der Waals surface area contributed by atoms with E-state index in [0.717, 1.165) is 23.8 Å². The first-order valence-electron chi connectivity index (χ1n) is 11.7. The summed E-state index contributed by atoms with van der Waals surface area (Å²) in [6.07, 6.45) is 2.43. The fraction of sp³-hybridized carbons (Fsp3) is 0.462. The summed E-state index contributed by atoms with van der Waals surface area (Å²) in [5, 5.41) is 2.95. The number of aryl methyl sites for hydroxylation is 1. The number of nitrogens with one attached hydrogen (secondary N) is 1. The van der Waals surface area contributed by atoms with Crippen LogP contribution in [0.25, 0.3) is 0 Å². The lowest BCUT2D eigenvalue weighted by atomic mass is 10.1. The van der Waals surface area contributed by atoms with Gasteiger partial charge in [-0.3, -0.25) is 13.9 Å². The molecule has 0 saturated carbocycles. The summed E-state index contributed by atoms with van der Waals surface area (Å²) in [5.74, 6) is -0.385. The van der Waals surface area contributed by atoms with Crippen molar-refractivity contribution in [3.05, 3.63) is 65.7 Å². The maximum atomic E-state index is 13.2. The van der Waals surface area contributed by atoms with E-state index >= 15 is 0 Å². The molecule has 2 rings (SSSR count). The first-order valence-corrected chi connectivity index (χ1v) is 13.6. The van der Waals surface area contributed by atoms with E-state index in [2.05, 4.69) is 5.32 Å². The van der Waals surface area contributed by atoms with Crippen molar-refractivity contribution >= 4 is 27.5 Å². The molecule has 0 aliphatic carbocycles. The van der Waals surface area contributed by atoms with Gasteiger partial charge in [-0.25, -0.2) is 8.42 Å². The van der Waals surface area contributed by atoms with E-state index in [0.29, 0.717) is 18.7 Å². The Hall–Kier alpha value is -2.87. The fourth-order valence-electron chi connectivity index (χ4n) is 3.54. The van der Waals surface area contributed by atoms with Crippen LogP contribution in [-0.4, -0.2) is 50.0 Å². The van der Waals surface area contributed by atoms with Crippen molar-refractivity contribution in [3.8, 4) is 0 Å². The zero-order valence-electron chi connectivity index (χ0n) is 20.8. The number of nitrogens with zero attached hydrogens (tertiary/aromatic N) is 2. The Morgan fingerprint density at radius 2 is 1.62 bits per heavy atom. The Labute approximate surface area is 204 Å². The molecular weight excluding hydrogens is 450 g/mol. The molecule has 0 fully saturated rings. The molecule has 34 heavy (non-hydrogen) atoms. The van der Waals surface area contributed by atoms with Gasteiger partial charge in [-0.15, -0.1) is 0 Å². The standard InChI is InChI=1S/C26H37N3O4S/c1-6-21(3)27-26(31)22(4)28(19-23-11-8-7-9-12-23)25(30)13-10-18-29(34(5,32)33)24-16-14-20(2)15-17-24/h7-9,11-12,14-17,21-22H,6,10,13,18-19H2,1-5H3,(H,27,31)/t21-,22-/m0/s1. The third-order valence-corrected chi connectivity index (χ3v) is 7.03. The van der Waals surface area contributed by atoms with Crippen molar-refractivity contribution < 1.29 is 18.0 Å². The molecule has 0 radical (unpaired) electrons. The predicted octanol–water partition coefficient (Wildman–Crippen LogP) is 3.87. The van der Waals surface area contributed by atoms with Gasteiger partial charge in [-0.2, -0.15) is 0 Å². The average Bonchev–Trinajstić information content (AvgIpc) is 2.80. The van der Waals surface area contributed by atoms with Crippen molar-refractivity contribution in [2.24, 2.45) is 0 Å². The van der Waals surface area contributed by atoms with Crippen LogP contribution < -0.4 is 9.62 Å². The summed E-state index contributed by atoms with van der Waals surface area (Å²) in [7, 11) is -3.50. The van der Waals surface area contributed by atoms with Gasteiger partial charge in [0.05, 0.1) is 11.9 Å². The predicted molar refractivity (Wildman–Crippen MR) is 137 cm³/mol. The minimum Gasteiger partial charge on any atom is -0.352 e. The second-order valence-corrected chi connectivity index (χ2v) is 10.7. The minimum atomic E-state index is -3.50. The van der Waals surface area contributed by atoms with Gasteiger partial charge in [0.2, 0.25) is 21.8 Å². The largest absolute Gasteiger partial charge is 0.352 e. The van der Waals surface area contributed by atoms with Crippen molar-refractivity contribution in [2.75, 3.05) is 17.1 Å². The van der Waals surface area contributed by atoms with E-state index in [4.69, 9.17) is 0 Å². The zero-order valence-corrected chi connectivity index (χ0v) is 21.6. The van der Waals surface area contributed by atoms with Crippen molar-refractivity contribution in [2.45, 2.75) is 65.6 Å². The summed E-state index contributed by atoms with van der Waals surface area (Å²) >= 11 is 0. The fourth-order valence-corrected chi connectivity index (χ4v) is 4.51. The molecule has 0 spiro atoms. The first kappa shape index (κ1) is 27.4. The number of rotatable bonds is 12. The molecule has 1 N–H and O–H groups in total. The molecule has 0 unspecified atom stereocenters. The molecule has 7 nitrogen and oxygen atoms in total. The Kier molecular flexibility index (Phi) is 10.1. The van der Waals surface area contributed by atoms with E-state index in [9.17, 15) is 18.0 Å². The third kappa shape index (κ3) is 8.17. The molecule has 0 saturated heterocycles. The summed E-state index contributed by atoms with van der Waals surface area (Å²) in [5.41, 5.74) is 2.54. The number of amides is 2. The van der Waals surface area contributed by atoms with Crippen LogP contribution in [0.3, 0.4) is 0 Å².